The highest BCUT2D eigenvalue weighted by Crippen LogP contribution is 2.30. The van der Waals surface area contributed by atoms with E-state index in [2.05, 4.69) is 0 Å². The molecular formula is C5H9F3O. The summed E-state index contributed by atoms with van der Waals surface area (Å²) in [6.45, 7) is -0.0628. The summed E-state index contributed by atoms with van der Waals surface area (Å²) >= 11 is 0. The van der Waals surface area contributed by atoms with E-state index in [1.54, 1.807) is 0 Å². The molecule has 0 aliphatic rings. The van der Waals surface area contributed by atoms with Crippen LogP contribution in [0.3, 0.4) is 0 Å². The molecule has 9 heavy (non-hydrogen) atoms. The maximum absolute atomic E-state index is 12.3. The molecule has 0 rings (SSSR count). The summed E-state index contributed by atoms with van der Waals surface area (Å²) in [5, 5.41) is 8.07. The normalized spacial score (nSPS) is 19.3. The number of rotatable bonds is 2. The Bertz CT molecular complexity index is 94.9. The second-order valence-electron chi connectivity index (χ2n) is 2.24. The smallest absolute Gasteiger partial charge is 0.280 e. The molecule has 0 amide bonds. The molecule has 0 aliphatic carbocycles. The highest BCUT2D eigenvalue weighted by Gasteiger charge is 2.46. The molecule has 0 saturated heterocycles. The van der Waals surface area contributed by atoms with Gasteiger partial charge < -0.3 is 5.11 Å². The van der Waals surface area contributed by atoms with E-state index in [0.29, 0.717) is 13.8 Å². The van der Waals surface area contributed by atoms with Crippen molar-refractivity contribution in [2.45, 2.75) is 25.4 Å². The molecule has 56 valence electrons. The van der Waals surface area contributed by atoms with Gasteiger partial charge in [-0.1, -0.05) is 0 Å². The van der Waals surface area contributed by atoms with E-state index in [0.717, 1.165) is 0 Å². The molecule has 0 aromatic rings. The molecule has 0 fully saturated rings. The van der Waals surface area contributed by atoms with Gasteiger partial charge >= 0.3 is 0 Å². The summed E-state index contributed by atoms with van der Waals surface area (Å²) in [5.41, 5.74) is -2.80. The Morgan fingerprint density at radius 2 is 1.56 bits per heavy atom. The highest BCUT2D eigenvalue weighted by atomic mass is 19.3. The quantitative estimate of drug-likeness (QED) is 0.617. The lowest BCUT2D eigenvalue weighted by molar-refractivity contribution is -0.134. The topological polar surface area (TPSA) is 20.2 Å². The maximum atomic E-state index is 12.3. The van der Waals surface area contributed by atoms with E-state index in [-0.39, 0.29) is 0 Å². The molecule has 0 aromatic carbocycles. The molecular weight excluding hydrogens is 133 g/mol. The first-order valence-electron chi connectivity index (χ1n) is 2.49. The SMILES string of the molecule is CC(F)(F)C(C)(F)CO. The Morgan fingerprint density at radius 1 is 1.22 bits per heavy atom. The number of aliphatic hydroxyl groups excluding tert-OH is 1. The lowest BCUT2D eigenvalue weighted by atomic mass is 10.0. The third-order valence-electron chi connectivity index (χ3n) is 1.21. The predicted molar refractivity (Wildman–Crippen MR) is 27.2 cm³/mol. The predicted octanol–water partition coefficient (Wildman–Crippen LogP) is 1.36. The fourth-order valence-corrected chi connectivity index (χ4v) is 0.139. The molecule has 0 aliphatic heterocycles. The van der Waals surface area contributed by atoms with Crippen LogP contribution < -0.4 is 0 Å². The van der Waals surface area contributed by atoms with Crippen molar-refractivity contribution >= 4 is 0 Å². The molecule has 0 bridgehead atoms. The summed E-state index contributed by atoms with van der Waals surface area (Å²) in [5.74, 6) is -3.47. The lowest BCUT2D eigenvalue weighted by Gasteiger charge is -2.24. The number of alkyl halides is 3. The van der Waals surface area contributed by atoms with Crippen molar-refractivity contribution < 1.29 is 18.3 Å². The molecule has 1 nitrogen and oxygen atoms in total. The summed E-state index contributed by atoms with van der Waals surface area (Å²) in [7, 11) is 0. The van der Waals surface area contributed by atoms with Gasteiger partial charge in [0.15, 0.2) is 5.67 Å². The molecule has 4 heteroatoms. The van der Waals surface area contributed by atoms with Crippen molar-refractivity contribution in [1.82, 2.24) is 0 Å². The second kappa shape index (κ2) is 2.17. The van der Waals surface area contributed by atoms with Gasteiger partial charge in [-0.25, -0.2) is 13.2 Å². The van der Waals surface area contributed by atoms with Gasteiger partial charge in [-0.15, -0.1) is 0 Å². The minimum atomic E-state index is -3.47. The van der Waals surface area contributed by atoms with Crippen LogP contribution in [0.4, 0.5) is 13.2 Å². The van der Waals surface area contributed by atoms with Gasteiger partial charge in [0.1, 0.15) is 0 Å². The van der Waals surface area contributed by atoms with Crippen LogP contribution in [-0.4, -0.2) is 23.3 Å². The first kappa shape index (κ1) is 8.75. The fraction of sp³-hybridized carbons (Fsp3) is 1.00. The minimum absolute atomic E-state index is 0.434. The molecule has 1 unspecified atom stereocenters. The first-order chi connectivity index (χ1) is 3.81. The van der Waals surface area contributed by atoms with Gasteiger partial charge in [0.25, 0.3) is 5.92 Å². The standard InChI is InChI=1S/C5H9F3O/c1-4(6,3-9)5(2,7)8/h9H,3H2,1-2H3. The van der Waals surface area contributed by atoms with Crippen LogP contribution in [0.5, 0.6) is 0 Å². The average Bonchev–Trinajstić information content (AvgIpc) is 1.64. The van der Waals surface area contributed by atoms with E-state index in [1.807, 2.05) is 0 Å². The minimum Gasteiger partial charge on any atom is -0.393 e. The van der Waals surface area contributed by atoms with E-state index >= 15 is 0 Å². The Hall–Kier alpha value is -0.250. The van der Waals surface area contributed by atoms with Gasteiger partial charge in [0, 0.05) is 6.92 Å². The van der Waals surface area contributed by atoms with Crippen LogP contribution >= 0.6 is 0 Å². The van der Waals surface area contributed by atoms with E-state index in [9.17, 15) is 13.2 Å². The monoisotopic (exact) mass is 142 g/mol. The first-order valence-corrected chi connectivity index (χ1v) is 2.49. The van der Waals surface area contributed by atoms with Crippen LogP contribution in [0.15, 0.2) is 0 Å². The van der Waals surface area contributed by atoms with E-state index in [1.165, 1.54) is 0 Å². The number of hydrogen-bond donors (Lipinski definition) is 1. The van der Waals surface area contributed by atoms with Crippen LogP contribution in [0, 0.1) is 0 Å². The van der Waals surface area contributed by atoms with E-state index in [4.69, 9.17) is 5.11 Å². The van der Waals surface area contributed by atoms with Crippen molar-refractivity contribution in [2.75, 3.05) is 6.61 Å². The molecule has 1 atom stereocenters. The van der Waals surface area contributed by atoms with Crippen molar-refractivity contribution in [3.8, 4) is 0 Å². The number of hydrogen-bond acceptors (Lipinski definition) is 1. The summed E-state index contributed by atoms with van der Waals surface area (Å²) in [6, 6.07) is 0. The Balaban J connectivity index is 4.14. The molecule has 0 heterocycles. The zero-order chi connectivity index (χ0) is 7.71. The average molecular weight is 142 g/mol. The Kier molecular flexibility index (Phi) is 2.11. The summed E-state index contributed by atoms with van der Waals surface area (Å²) in [6.07, 6.45) is 0. The van der Waals surface area contributed by atoms with Crippen molar-refractivity contribution in [3.63, 3.8) is 0 Å². The van der Waals surface area contributed by atoms with Crippen molar-refractivity contribution in [2.24, 2.45) is 0 Å². The van der Waals surface area contributed by atoms with Crippen LogP contribution in [0.1, 0.15) is 13.8 Å². The third-order valence-corrected chi connectivity index (χ3v) is 1.21. The molecule has 0 aromatic heterocycles. The second-order valence-corrected chi connectivity index (χ2v) is 2.24. The van der Waals surface area contributed by atoms with Crippen molar-refractivity contribution in [1.29, 1.82) is 0 Å². The Morgan fingerprint density at radius 3 is 1.56 bits per heavy atom. The zero-order valence-electron chi connectivity index (χ0n) is 5.29. The summed E-state index contributed by atoms with van der Waals surface area (Å²) < 4.78 is 36.3. The molecule has 1 N–H and O–H groups in total. The lowest BCUT2D eigenvalue weighted by Crippen LogP contribution is -2.42. The van der Waals surface area contributed by atoms with Gasteiger partial charge in [-0.05, 0) is 6.92 Å². The van der Waals surface area contributed by atoms with Gasteiger partial charge in [0.05, 0.1) is 6.61 Å². The fourth-order valence-electron chi connectivity index (χ4n) is 0.139. The van der Waals surface area contributed by atoms with Crippen LogP contribution in [-0.2, 0) is 0 Å². The van der Waals surface area contributed by atoms with Crippen molar-refractivity contribution in [3.05, 3.63) is 0 Å². The molecule has 0 radical (unpaired) electrons. The maximum Gasteiger partial charge on any atom is 0.280 e. The number of aliphatic hydroxyl groups is 1. The van der Waals surface area contributed by atoms with Gasteiger partial charge in [0.2, 0.25) is 0 Å². The molecule has 0 spiro atoms. The zero-order valence-corrected chi connectivity index (χ0v) is 5.29. The number of halogens is 3. The highest BCUT2D eigenvalue weighted by molar-refractivity contribution is 4.84. The van der Waals surface area contributed by atoms with Crippen LogP contribution in [0.2, 0.25) is 0 Å². The summed E-state index contributed by atoms with van der Waals surface area (Å²) in [4.78, 5) is 0. The van der Waals surface area contributed by atoms with Crippen LogP contribution in [0.25, 0.3) is 0 Å². The Labute approximate surface area is 51.5 Å². The van der Waals surface area contributed by atoms with Gasteiger partial charge in [-0.2, -0.15) is 0 Å². The van der Waals surface area contributed by atoms with E-state index < -0.39 is 18.2 Å². The molecule has 0 saturated carbocycles. The third kappa shape index (κ3) is 1.86. The largest absolute Gasteiger partial charge is 0.393 e. The van der Waals surface area contributed by atoms with Gasteiger partial charge in [-0.3, -0.25) is 0 Å².